The molecule has 3 aromatic rings. The van der Waals surface area contributed by atoms with Crippen LogP contribution in [0, 0.1) is 20.8 Å². The molecule has 1 unspecified atom stereocenters. The molecule has 1 amide bonds. The Bertz CT molecular complexity index is 1110. The zero-order chi connectivity index (χ0) is 22.7. The number of fused-ring (bicyclic) bond motifs is 1. The minimum absolute atomic E-state index is 0.000858. The highest BCUT2D eigenvalue weighted by molar-refractivity contribution is 7.97. The summed E-state index contributed by atoms with van der Waals surface area (Å²) in [6, 6.07) is 20.3. The molecule has 0 fully saturated rings. The number of hydrogen-bond donors (Lipinski definition) is 2. The van der Waals surface area contributed by atoms with Crippen LogP contribution in [0.15, 0.2) is 65.6 Å². The van der Waals surface area contributed by atoms with Crippen molar-refractivity contribution in [3.05, 3.63) is 99.6 Å². The lowest BCUT2D eigenvalue weighted by molar-refractivity contribution is -0.125. The fourth-order valence-electron chi connectivity index (χ4n) is 4.39. The third-order valence-corrected chi connectivity index (χ3v) is 7.41. The predicted octanol–water partition coefficient (Wildman–Crippen LogP) is 4.85. The first kappa shape index (κ1) is 22.6. The summed E-state index contributed by atoms with van der Waals surface area (Å²) in [4.78, 5) is 14.6. The molecule has 0 saturated carbocycles. The molecule has 0 radical (unpaired) electrons. The van der Waals surface area contributed by atoms with Gasteiger partial charge in [0.15, 0.2) is 0 Å². The van der Waals surface area contributed by atoms with Gasteiger partial charge in [0.25, 0.3) is 0 Å². The van der Waals surface area contributed by atoms with E-state index in [4.69, 9.17) is 0 Å². The zero-order valence-electron chi connectivity index (χ0n) is 18.9. The van der Waals surface area contributed by atoms with Crippen LogP contribution >= 0.6 is 11.9 Å². The summed E-state index contributed by atoms with van der Waals surface area (Å²) in [5.74, 6) is 0.0313. The highest BCUT2D eigenvalue weighted by atomic mass is 32.2. The molecular weight excluding hydrogens is 416 g/mol. The standard InChI is InChI=1S/C27H30N2O2S/c1-18-11-19(2)26(20(3)12-18)32-29-16-24-10-5-4-9-23(24)14-25(29)27(31)28-15-21-7-6-8-22(13-21)17-30/h4-13,25,30H,14-17H2,1-3H3,(H,28,31). The molecular formula is C27H30N2O2S. The number of benzene rings is 3. The molecule has 32 heavy (non-hydrogen) atoms. The van der Waals surface area contributed by atoms with Crippen LogP contribution in [0.2, 0.25) is 0 Å². The van der Waals surface area contributed by atoms with E-state index in [1.807, 2.05) is 30.3 Å². The molecule has 1 heterocycles. The van der Waals surface area contributed by atoms with E-state index in [0.717, 1.165) is 17.7 Å². The molecule has 166 valence electrons. The number of nitrogens with one attached hydrogen (secondary N) is 1. The van der Waals surface area contributed by atoms with Crippen molar-refractivity contribution < 1.29 is 9.90 Å². The van der Waals surface area contributed by atoms with E-state index < -0.39 is 0 Å². The molecule has 0 aliphatic carbocycles. The molecule has 0 saturated heterocycles. The summed E-state index contributed by atoms with van der Waals surface area (Å²) in [5.41, 5.74) is 8.10. The smallest absolute Gasteiger partial charge is 0.238 e. The zero-order valence-corrected chi connectivity index (χ0v) is 19.7. The van der Waals surface area contributed by atoms with Gasteiger partial charge < -0.3 is 10.4 Å². The number of hydrogen-bond acceptors (Lipinski definition) is 4. The van der Waals surface area contributed by atoms with E-state index in [9.17, 15) is 9.90 Å². The Balaban J connectivity index is 1.56. The molecule has 1 atom stereocenters. The van der Waals surface area contributed by atoms with E-state index in [1.165, 1.54) is 32.7 Å². The minimum Gasteiger partial charge on any atom is -0.392 e. The minimum atomic E-state index is -0.254. The van der Waals surface area contributed by atoms with E-state index in [1.54, 1.807) is 11.9 Å². The maximum Gasteiger partial charge on any atom is 0.238 e. The number of aliphatic hydroxyl groups is 1. The molecule has 4 nitrogen and oxygen atoms in total. The molecule has 2 N–H and O–H groups in total. The number of carbonyl (C=O) groups is 1. The average Bonchev–Trinajstić information content (AvgIpc) is 2.79. The topological polar surface area (TPSA) is 52.6 Å². The van der Waals surface area contributed by atoms with Gasteiger partial charge >= 0.3 is 0 Å². The highest BCUT2D eigenvalue weighted by Gasteiger charge is 2.32. The molecule has 1 aliphatic rings. The van der Waals surface area contributed by atoms with E-state index in [0.29, 0.717) is 13.0 Å². The Morgan fingerprint density at radius 1 is 1.00 bits per heavy atom. The second-order valence-electron chi connectivity index (χ2n) is 8.58. The predicted molar refractivity (Wildman–Crippen MR) is 130 cm³/mol. The van der Waals surface area contributed by atoms with Crippen LogP contribution in [0.1, 0.15) is 38.9 Å². The number of aryl methyl sites for hydroxylation is 3. The van der Waals surface area contributed by atoms with Crippen molar-refractivity contribution in [2.75, 3.05) is 0 Å². The van der Waals surface area contributed by atoms with Gasteiger partial charge in [0.2, 0.25) is 5.91 Å². The first-order valence-electron chi connectivity index (χ1n) is 11.0. The quantitative estimate of drug-likeness (QED) is 0.531. The Kier molecular flexibility index (Phi) is 6.99. The third-order valence-electron chi connectivity index (χ3n) is 5.96. The van der Waals surface area contributed by atoms with Crippen LogP contribution in [0.4, 0.5) is 0 Å². The maximum atomic E-state index is 13.3. The lowest BCUT2D eigenvalue weighted by Gasteiger charge is -2.35. The van der Waals surface area contributed by atoms with Gasteiger partial charge in [-0.3, -0.25) is 4.79 Å². The molecule has 0 bridgehead atoms. The highest BCUT2D eigenvalue weighted by Crippen LogP contribution is 2.36. The molecule has 0 aromatic heterocycles. The fraction of sp³-hybridized carbons (Fsp3) is 0.296. The number of nitrogens with zero attached hydrogens (tertiary/aromatic N) is 1. The summed E-state index contributed by atoms with van der Waals surface area (Å²) in [7, 11) is 0. The average molecular weight is 447 g/mol. The SMILES string of the molecule is Cc1cc(C)c(SN2Cc3ccccc3CC2C(=O)NCc2cccc(CO)c2)c(C)c1. The summed E-state index contributed by atoms with van der Waals surface area (Å²) >= 11 is 1.69. The van der Waals surface area contributed by atoms with Gasteiger partial charge in [0, 0.05) is 18.0 Å². The summed E-state index contributed by atoms with van der Waals surface area (Å²) in [5, 5.41) is 12.5. The molecule has 0 spiro atoms. The van der Waals surface area contributed by atoms with Crippen molar-refractivity contribution in [3.63, 3.8) is 0 Å². The number of aliphatic hydroxyl groups excluding tert-OH is 1. The van der Waals surface area contributed by atoms with Gasteiger partial charge in [-0.15, -0.1) is 0 Å². The van der Waals surface area contributed by atoms with Crippen LogP contribution in [-0.2, 0) is 30.9 Å². The number of rotatable bonds is 6. The first-order chi connectivity index (χ1) is 15.4. The van der Waals surface area contributed by atoms with Crippen LogP contribution in [0.3, 0.4) is 0 Å². The van der Waals surface area contributed by atoms with Gasteiger partial charge in [-0.2, -0.15) is 0 Å². The first-order valence-corrected chi connectivity index (χ1v) is 11.8. The van der Waals surface area contributed by atoms with Gasteiger partial charge in [0.05, 0.1) is 6.61 Å². The van der Waals surface area contributed by atoms with Crippen LogP contribution in [0.5, 0.6) is 0 Å². The largest absolute Gasteiger partial charge is 0.392 e. The summed E-state index contributed by atoms with van der Waals surface area (Å²) < 4.78 is 2.23. The van der Waals surface area contributed by atoms with Crippen LogP contribution < -0.4 is 5.32 Å². The Morgan fingerprint density at radius 2 is 1.69 bits per heavy atom. The van der Waals surface area contributed by atoms with Gasteiger partial charge in [0.1, 0.15) is 6.04 Å². The summed E-state index contributed by atoms with van der Waals surface area (Å²) in [6.07, 6.45) is 0.690. The summed E-state index contributed by atoms with van der Waals surface area (Å²) in [6.45, 7) is 7.58. The van der Waals surface area contributed by atoms with Crippen molar-refractivity contribution in [3.8, 4) is 0 Å². The van der Waals surface area contributed by atoms with E-state index in [-0.39, 0.29) is 18.6 Å². The van der Waals surface area contributed by atoms with Gasteiger partial charge in [-0.05, 0) is 72.5 Å². The lowest BCUT2D eigenvalue weighted by Crippen LogP contribution is -2.47. The monoisotopic (exact) mass is 446 g/mol. The normalized spacial score (nSPS) is 15.9. The number of carbonyl (C=O) groups excluding carboxylic acids is 1. The lowest BCUT2D eigenvalue weighted by atomic mass is 9.95. The van der Waals surface area contributed by atoms with Gasteiger partial charge in [-0.1, -0.05) is 66.2 Å². The van der Waals surface area contributed by atoms with E-state index >= 15 is 0 Å². The molecule has 5 heteroatoms. The van der Waals surface area contributed by atoms with Crippen molar-refractivity contribution in [1.82, 2.24) is 9.62 Å². The van der Waals surface area contributed by atoms with Crippen LogP contribution in [0.25, 0.3) is 0 Å². The maximum absolute atomic E-state index is 13.3. The molecule has 4 rings (SSSR count). The molecule has 3 aromatic carbocycles. The van der Waals surface area contributed by atoms with Crippen molar-refractivity contribution >= 4 is 17.9 Å². The fourth-order valence-corrected chi connectivity index (χ4v) is 5.53. The second-order valence-corrected chi connectivity index (χ2v) is 9.64. The Labute approximate surface area is 194 Å². The van der Waals surface area contributed by atoms with E-state index in [2.05, 4.69) is 60.7 Å². The Morgan fingerprint density at radius 3 is 2.41 bits per heavy atom. The van der Waals surface area contributed by atoms with Crippen molar-refractivity contribution in [2.24, 2.45) is 0 Å². The Hall–Kier alpha value is -2.60. The second kappa shape index (κ2) is 9.90. The third kappa shape index (κ3) is 5.07. The van der Waals surface area contributed by atoms with Crippen molar-refractivity contribution in [2.45, 2.75) is 57.8 Å². The number of amides is 1. The molecule has 1 aliphatic heterocycles. The van der Waals surface area contributed by atoms with Gasteiger partial charge in [-0.25, -0.2) is 4.31 Å². The van der Waals surface area contributed by atoms with Crippen LogP contribution in [-0.4, -0.2) is 21.4 Å². The van der Waals surface area contributed by atoms with Crippen molar-refractivity contribution in [1.29, 1.82) is 0 Å².